The third-order valence-corrected chi connectivity index (χ3v) is 6.51. The van der Waals surface area contributed by atoms with Crippen LogP contribution >= 0.6 is 0 Å². The lowest BCUT2D eigenvalue weighted by molar-refractivity contribution is 0.590. The van der Waals surface area contributed by atoms with Crippen LogP contribution in [0.4, 0.5) is 17.1 Å². The lowest BCUT2D eigenvalue weighted by Crippen LogP contribution is -2.13. The van der Waals surface area contributed by atoms with Crippen molar-refractivity contribution in [2.45, 2.75) is 33.1 Å². The Kier molecular flexibility index (Phi) is 5.71. The summed E-state index contributed by atoms with van der Waals surface area (Å²) in [6.45, 7) is 8.90. The Morgan fingerprint density at radius 2 is 1.06 bits per heavy atom. The highest BCUT2D eigenvalue weighted by Crippen LogP contribution is 2.40. The van der Waals surface area contributed by atoms with Crippen LogP contribution in [0.2, 0.25) is 0 Å². The van der Waals surface area contributed by atoms with Crippen molar-refractivity contribution in [3.05, 3.63) is 126 Å². The molecule has 5 aromatic rings. The van der Waals surface area contributed by atoms with Crippen molar-refractivity contribution in [1.29, 1.82) is 0 Å². The molecule has 0 aromatic heterocycles. The van der Waals surface area contributed by atoms with Crippen molar-refractivity contribution in [2.24, 2.45) is 0 Å². The van der Waals surface area contributed by atoms with Crippen LogP contribution in [0.25, 0.3) is 21.9 Å². The van der Waals surface area contributed by atoms with Gasteiger partial charge in [-0.05, 0) is 64.7 Å². The van der Waals surface area contributed by atoms with Crippen LogP contribution in [0.5, 0.6) is 0 Å². The third kappa shape index (κ3) is 4.34. The predicted molar refractivity (Wildman–Crippen MR) is 148 cm³/mol. The normalized spacial score (nSPS) is 11.5. The molecule has 0 saturated carbocycles. The van der Waals surface area contributed by atoms with Crippen molar-refractivity contribution in [1.82, 2.24) is 0 Å². The molecular weight excluding hydrogens is 410 g/mol. The van der Waals surface area contributed by atoms with E-state index in [0.29, 0.717) is 0 Å². The van der Waals surface area contributed by atoms with Crippen LogP contribution in [0.15, 0.2) is 115 Å². The molecule has 0 saturated heterocycles. The number of benzene rings is 5. The van der Waals surface area contributed by atoms with Crippen LogP contribution in [-0.2, 0) is 5.41 Å². The minimum atomic E-state index is 0.124. The van der Waals surface area contributed by atoms with Gasteiger partial charge in [-0.1, -0.05) is 111 Å². The number of hydrogen-bond donors (Lipinski definition) is 0. The van der Waals surface area contributed by atoms with Gasteiger partial charge < -0.3 is 4.90 Å². The second kappa shape index (κ2) is 8.83. The molecule has 0 unspecified atom stereocenters. The molecule has 0 bridgehead atoms. The van der Waals surface area contributed by atoms with Gasteiger partial charge in [0.2, 0.25) is 0 Å². The fraction of sp³-hybridized carbons (Fsp3) is 0.152. The Hall–Kier alpha value is -3.84. The number of nitrogens with zero attached hydrogens (tertiary/aromatic N) is 1. The van der Waals surface area contributed by atoms with E-state index < -0.39 is 0 Å². The molecule has 1 heteroatoms. The highest BCUT2D eigenvalue weighted by atomic mass is 15.1. The zero-order valence-corrected chi connectivity index (χ0v) is 20.4. The van der Waals surface area contributed by atoms with Gasteiger partial charge in [0.1, 0.15) is 0 Å². The molecule has 0 aliphatic rings. The third-order valence-electron chi connectivity index (χ3n) is 6.51. The monoisotopic (exact) mass is 441 g/mol. The molecular formula is C33H31N. The molecule has 0 spiro atoms. The van der Waals surface area contributed by atoms with Gasteiger partial charge in [-0.15, -0.1) is 0 Å². The Labute approximate surface area is 203 Å². The second-order valence-electron chi connectivity index (χ2n) is 10.0. The zero-order valence-electron chi connectivity index (χ0n) is 20.4. The van der Waals surface area contributed by atoms with Crippen molar-refractivity contribution < 1.29 is 0 Å². The summed E-state index contributed by atoms with van der Waals surface area (Å²) in [5.74, 6) is 0. The fourth-order valence-electron chi connectivity index (χ4n) is 4.49. The topological polar surface area (TPSA) is 3.24 Å². The van der Waals surface area contributed by atoms with Crippen molar-refractivity contribution in [2.75, 3.05) is 4.90 Å². The highest BCUT2D eigenvalue weighted by molar-refractivity contribution is 5.98. The maximum absolute atomic E-state index is 2.37. The standard InChI is InChI=1S/C33H31N/c1-24-12-14-25(15-13-24)26-16-20-29(21-17-26)34(30-22-18-28(19-23-30)33(2,3)4)32-11-7-9-27-8-5-6-10-31(27)32/h5-23H,1-4H3. The largest absolute Gasteiger partial charge is 0.310 e. The maximum atomic E-state index is 2.37. The summed E-state index contributed by atoms with van der Waals surface area (Å²) in [7, 11) is 0. The molecule has 0 heterocycles. The van der Waals surface area contributed by atoms with Crippen molar-refractivity contribution in [3.8, 4) is 11.1 Å². The summed E-state index contributed by atoms with van der Waals surface area (Å²) in [5, 5.41) is 2.49. The van der Waals surface area contributed by atoms with E-state index in [9.17, 15) is 0 Å². The van der Waals surface area contributed by atoms with Crippen LogP contribution in [0, 0.1) is 6.92 Å². The van der Waals surface area contributed by atoms with E-state index >= 15 is 0 Å². The maximum Gasteiger partial charge on any atom is 0.0540 e. The number of rotatable bonds is 4. The van der Waals surface area contributed by atoms with E-state index in [1.54, 1.807) is 0 Å². The Morgan fingerprint density at radius 1 is 0.529 bits per heavy atom. The van der Waals surface area contributed by atoms with Crippen molar-refractivity contribution in [3.63, 3.8) is 0 Å². The molecule has 0 atom stereocenters. The summed E-state index contributed by atoms with van der Waals surface area (Å²) in [4.78, 5) is 2.37. The Morgan fingerprint density at radius 3 is 1.68 bits per heavy atom. The SMILES string of the molecule is Cc1ccc(-c2ccc(N(c3ccc(C(C)(C)C)cc3)c3cccc4ccccc34)cc2)cc1. The lowest BCUT2D eigenvalue weighted by atomic mass is 9.87. The van der Waals surface area contributed by atoms with E-state index in [1.807, 2.05) is 0 Å². The first-order valence-electron chi connectivity index (χ1n) is 12.0. The van der Waals surface area contributed by atoms with Crippen LogP contribution in [0.3, 0.4) is 0 Å². The zero-order chi connectivity index (χ0) is 23.7. The van der Waals surface area contributed by atoms with E-state index in [1.165, 1.54) is 38.7 Å². The minimum Gasteiger partial charge on any atom is -0.310 e. The summed E-state index contributed by atoms with van der Waals surface area (Å²) < 4.78 is 0. The van der Waals surface area contributed by atoms with Gasteiger partial charge in [-0.3, -0.25) is 0 Å². The summed E-state index contributed by atoms with van der Waals surface area (Å²) in [6.07, 6.45) is 0. The molecule has 0 aliphatic carbocycles. The summed E-state index contributed by atoms with van der Waals surface area (Å²) in [6, 6.07) is 41.8. The van der Waals surface area contributed by atoms with Gasteiger partial charge in [-0.2, -0.15) is 0 Å². The van der Waals surface area contributed by atoms with Crippen LogP contribution in [0.1, 0.15) is 31.9 Å². The number of hydrogen-bond acceptors (Lipinski definition) is 1. The Balaban J connectivity index is 1.63. The van der Waals surface area contributed by atoms with Gasteiger partial charge in [0.05, 0.1) is 5.69 Å². The average Bonchev–Trinajstić information content (AvgIpc) is 2.85. The smallest absolute Gasteiger partial charge is 0.0540 e. The average molecular weight is 442 g/mol. The van der Waals surface area contributed by atoms with E-state index in [-0.39, 0.29) is 5.41 Å². The van der Waals surface area contributed by atoms with Crippen LogP contribution < -0.4 is 4.90 Å². The second-order valence-corrected chi connectivity index (χ2v) is 10.0. The minimum absolute atomic E-state index is 0.124. The molecule has 0 fully saturated rings. The van der Waals surface area contributed by atoms with Gasteiger partial charge >= 0.3 is 0 Å². The van der Waals surface area contributed by atoms with Crippen molar-refractivity contribution >= 4 is 27.8 Å². The first-order chi connectivity index (χ1) is 16.4. The fourth-order valence-corrected chi connectivity index (χ4v) is 4.49. The molecule has 0 N–H and O–H groups in total. The molecule has 5 rings (SSSR count). The van der Waals surface area contributed by atoms with E-state index in [4.69, 9.17) is 0 Å². The molecule has 0 amide bonds. The highest BCUT2D eigenvalue weighted by Gasteiger charge is 2.18. The molecule has 0 aliphatic heterocycles. The number of aryl methyl sites for hydroxylation is 1. The summed E-state index contributed by atoms with van der Waals surface area (Å²) in [5.41, 5.74) is 8.70. The molecule has 1 nitrogen and oxygen atoms in total. The molecule has 34 heavy (non-hydrogen) atoms. The molecule has 0 radical (unpaired) electrons. The first-order valence-corrected chi connectivity index (χ1v) is 12.0. The number of anilines is 3. The number of fused-ring (bicyclic) bond motifs is 1. The van der Waals surface area contributed by atoms with E-state index in [0.717, 1.165) is 11.4 Å². The van der Waals surface area contributed by atoms with Gasteiger partial charge in [0, 0.05) is 16.8 Å². The first kappa shape index (κ1) is 22.0. The quantitative estimate of drug-likeness (QED) is 0.268. The van der Waals surface area contributed by atoms with E-state index in [2.05, 4.69) is 148 Å². The molecule has 168 valence electrons. The summed E-state index contributed by atoms with van der Waals surface area (Å²) >= 11 is 0. The van der Waals surface area contributed by atoms with Gasteiger partial charge in [-0.25, -0.2) is 0 Å². The lowest BCUT2D eigenvalue weighted by Gasteiger charge is -2.28. The Bertz CT molecular complexity index is 1400. The molecule has 5 aromatic carbocycles. The predicted octanol–water partition coefficient (Wildman–Crippen LogP) is 9.58. The van der Waals surface area contributed by atoms with Gasteiger partial charge in [0.15, 0.2) is 0 Å². The van der Waals surface area contributed by atoms with Gasteiger partial charge in [0.25, 0.3) is 0 Å². The van der Waals surface area contributed by atoms with Crippen LogP contribution in [-0.4, -0.2) is 0 Å².